The molecule has 0 aromatic carbocycles. The predicted octanol–water partition coefficient (Wildman–Crippen LogP) is -1.14. The normalized spacial score (nSPS) is 0. The molecule has 0 aromatic heterocycles. The van der Waals surface area contributed by atoms with Crippen LogP contribution in [0.5, 0.6) is 0 Å². The van der Waals surface area contributed by atoms with Crippen LogP contribution in [0.1, 0.15) is 0 Å². The molecule has 0 amide bonds. The molecule has 0 aliphatic carbocycles. The van der Waals surface area contributed by atoms with E-state index in [1.165, 1.54) is 0 Å². The van der Waals surface area contributed by atoms with Crippen molar-refractivity contribution in [2.24, 2.45) is 0 Å². The summed E-state index contributed by atoms with van der Waals surface area (Å²) < 4.78 is 0. The Morgan fingerprint density at radius 1 is 0.750 bits per heavy atom. The van der Waals surface area contributed by atoms with Gasteiger partial charge in [0.05, 0.1) is 0 Å². The Bertz CT molecular complexity index is 6.00. The van der Waals surface area contributed by atoms with Gasteiger partial charge in [0.15, 0.2) is 0 Å². The molecule has 0 aromatic rings. The summed E-state index contributed by atoms with van der Waals surface area (Å²) in [5.41, 5.74) is 0. The first-order chi connectivity index (χ1) is 0. The van der Waals surface area contributed by atoms with E-state index in [0.717, 1.165) is 0 Å². The van der Waals surface area contributed by atoms with Crippen molar-refractivity contribution in [3.05, 3.63) is 0 Å². The van der Waals surface area contributed by atoms with Gasteiger partial charge in [0.2, 0.25) is 0 Å². The fourth-order valence-corrected chi connectivity index (χ4v) is 0. The maximum Gasteiger partial charge on any atom is 0 e. The molecule has 0 unspecified atom stereocenters. The fraction of sp³-hybridized carbons (Fsp3) is 0. The Morgan fingerprint density at radius 2 is 0.750 bits per heavy atom. The molecular formula is Li2SnZn. The van der Waals surface area contributed by atoms with Crippen molar-refractivity contribution in [2.45, 2.75) is 0 Å². The first-order valence-electron chi connectivity index (χ1n) is 0. The minimum absolute atomic E-state index is 0. The summed E-state index contributed by atoms with van der Waals surface area (Å²) in [5.74, 6) is 0. The SMILES string of the molecule is [Li].[Li].[Sn].[Zn]. The zero-order chi connectivity index (χ0) is 0. The summed E-state index contributed by atoms with van der Waals surface area (Å²) in [6, 6.07) is 0. The van der Waals surface area contributed by atoms with E-state index in [9.17, 15) is 0 Å². The molecule has 0 rings (SSSR count). The molecule has 0 heterocycles. The fourth-order valence-electron chi connectivity index (χ4n) is 0. The third-order valence-electron chi connectivity index (χ3n) is 0. The summed E-state index contributed by atoms with van der Waals surface area (Å²) in [6.07, 6.45) is 0. The van der Waals surface area contributed by atoms with Crippen LogP contribution in [0.25, 0.3) is 0 Å². The Balaban J connectivity index is 0. The van der Waals surface area contributed by atoms with Crippen molar-refractivity contribution in [3.63, 3.8) is 0 Å². The van der Waals surface area contributed by atoms with E-state index in [1.807, 2.05) is 0 Å². The average Bonchev–Trinajstić information content (AvgIpc) is 0. The minimum atomic E-state index is 0. The molecule has 0 saturated carbocycles. The molecule has 0 N–H and O–H groups in total. The van der Waals surface area contributed by atoms with Crippen LogP contribution >= 0.6 is 0 Å². The minimum Gasteiger partial charge on any atom is 0 e. The molecule has 0 fully saturated rings. The van der Waals surface area contributed by atoms with Gasteiger partial charge in [-0.2, -0.15) is 0 Å². The third-order valence-corrected chi connectivity index (χ3v) is 0. The maximum absolute atomic E-state index is 0. The number of hydrogen-bond acceptors (Lipinski definition) is 0. The Labute approximate surface area is 79.9 Å². The molecule has 0 atom stereocenters. The quantitative estimate of drug-likeness (QED) is 0.431. The van der Waals surface area contributed by atoms with Gasteiger partial charge in [-0.25, -0.2) is 0 Å². The molecule has 0 bridgehead atoms. The van der Waals surface area contributed by atoms with Crippen LogP contribution in [-0.4, -0.2) is 61.6 Å². The smallest absolute Gasteiger partial charge is 0 e. The molecule has 6 radical (unpaired) electrons. The predicted molar refractivity (Wildman–Crippen MR) is 17.3 cm³/mol. The first-order valence-corrected chi connectivity index (χ1v) is 0. The molecule has 0 nitrogen and oxygen atoms in total. The molecule has 0 aliphatic rings. The first kappa shape index (κ1) is 30.5. The van der Waals surface area contributed by atoms with Gasteiger partial charge < -0.3 is 0 Å². The molecule has 4 heavy (non-hydrogen) atoms. The van der Waals surface area contributed by atoms with Gasteiger partial charge in [0.25, 0.3) is 0 Å². The van der Waals surface area contributed by atoms with Crippen molar-refractivity contribution in [1.29, 1.82) is 0 Å². The number of rotatable bonds is 0. The molecule has 4 heteroatoms. The van der Waals surface area contributed by atoms with Gasteiger partial charge in [0.1, 0.15) is 0 Å². The van der Waals surface area contributed by atoms with Gasteiger partial charge in [-0.15, -0.1) is 0 Å². The van der Waals surface area contributed by atoms with E-state index >= 15 is 0 Å². The van der Waals surface area contributed by atoms with Crippen LogP contribution in [0.15, 0.2) is 0 Å². The molecule has 8 valence electrons. The third kappa shape index (κ3) is 8.82. The zero-order valence-corrected chi connectivity index (χ0v) is 9.03. The van der Waals surface area contributed by atoms with Crippen molar-refractivity contribution in [3.8, 4) is 0 Å². The molecule has 0 spiro atoms. The second kappa shape index (κ2) is 17.5. The van der Waals surface area contributed by atoms with E-state index in [1.54, 1.807) is 0 Å². The standard InChI is InChI=1S/2Li.Sn.Zn. The van der Waals surface area contributed by atoms with Crippen LogP contribution in [0.2, 0.25) is 0 Å². The van der Waals surface area contributed by atoms with Crippen molar-refractivity contribution >= 4 is 61.6 Å². The van der Waals surface area contributed by atoms with Crippen LogP contribution < -0.4 is 0 Å². The van der Waals surface area contributed by atoms with Crippen LogP contribution in [0, 0.1) is 0 Å². The summed E-state index contributed by atoms with van der Waals surface area (Å²) in [6.45, 7) is 0. The number of hydrogen-bond donors (Lipinski definition) is 0. The van der Waals surface area contributed by atoms with Crippen molar-refractivity contribution < 1.29 is 19.5 Å². The van der Waals surface area contributed by atoms with Crippen LogP contribution in [0.3, 0.4) is 0 Å². The summed E-state index contributed by atoms with van der Waals surface area (Å²) in [5, 5.41) is 0. The Hall–Kier alpha value is 2.62. The monoisotopic (exact) mass is 198 g/mol. The topological polar surface area (TPSA) is 0 Å². The van der Waals surface area contributed by atoms with E-state index in [0.29, 0.717) is 0 Å². The van der Waals surface area contributed by atoms with Gasteiger partial charge in [0, 0.05) is 81.1 Å². The second-order valence-corrected chi connectivity index (χ2v) is 0. The van der Waals surface area contributed by atoms with E-state index in [-0.39, 0.29) is 81.1 Å². The van der Waals surface area contributed by atoms with Gasteiger partial charge in [-0.1, -0.05) is 0 Å². The van der Waals surface area contributed by atoms with Gasteiger partial charge in [-0.05, 0) is 0 Å². The van der Waals surface area contributed by atoms with E-state index in [4.69, 9.17) is 0 Å². The molecule has 0 aliphatic heterocycles. The summed E-state index contributed by atoms with van der Waals surface area (Å²) in [7, 11) is 0. The largest absolute Gasteiger partial charge is 0 e. The van der Waals surface area contributed by atoms with Gasteiger partial charge >= 0.3 is 0 Å². The second-order valence-electron chi connectivity index (χ2n) is 0. The Kier molecular flexibility index (Phi) is 133. The van der Waals surface area contributed by atoms with E-state index < -0.39 is 0 Å². The van der Waals surface area contributed by atoms with Crippen molar-refractivity contribution in [2.75, 3.05) is 0 Å². The van der Waals surface area contributed by atoms with Crippen LogP contribution in [0.4, 0.5) is 0 Å². The maximum atomic E-state index is 0. The van der Waals surface area contributed by atoms with Crippen LogP contribution in [-0.2, 0) is 19.5 Å². The summed E-state index contributed by atoms with van der Waals surface area (Å²) in [4.78, 5) is 0. The van der Waals surface area contributed by atoms with Gasteiger partial charge in [-0.3, -0.25) is 0 Å². The molecular weight excluding hydrogens is 198 g/mol. The molecule has 0 saturated heterocycles. The summed E-state index contributed by atoms with van der Waals surface area (Å²) >= 11 is 0. The Morgan fingerprint density at radius 3 is 0.750 bits per heavy atom. The van der Waals surface area contributed by atoms with Crippen molar-refractivity contribution in [1.82, 2.24) is 0 Å². The average molecular weight is 198 g/mol. The zero-order valence-electron chi connectivity index (χ0n) is 3.21. The van der Waals surface area contributed by atoms with E-state index in [2.05, 4.69) is 0 Å².